The summed E-state index contributed by atoms with van der Waals surface area (Å²) < 4.78 is 0. The molecule has 0 aromatic heterocycles. The maximum atomic E-state index is 12.5. The van der Waals surface area contributed by atoms with Crippen LogP contribution >= 0.6 is 0 Å². The van der Waals surface area contributed by atoms with E-state index in [1.807, 2.05) is 91.0 Å². The summed E-state index contributed by atoms with van der Waals surface area (Å²) in [5, 5.41) is 5.90. The van der Waals surface area contributed by atoms with Gasteiger partial charge < -0.3 is 10.6 Å². The van der Waals surface area contributed by atoms with E-state index in [1.165, 1.54) is 0 Å². The van der Waals surface area contributed by atoms with Crippen molar-refractivity contribution in [1.82, 2.24) is 10.6 Å². The highest BCUT2D eigenvalue weighted by Crippen LogP contribution is 2.21. The number of carbonyl (C=O) groups excluding carboxylic acids is 2. The summed E-state index contributed by atoms with van der Waals surface area (Å²) in [6, 6.07) is 29.1. The van der Waals surface area contributed by atoms with E-state index in [0.717, 1.165) is 16.7 Å². The number of benzene rings is 3. The molecule has 142 valence electrons. The molecule has 3 aromatic carbocycles. The lowest BCUT2D eigenvalue weighted by Gasteiger charge is -2.20. The van der Waals surface area contributed by atoms with Gasteiger partial charge in [-0.25, -0.2) is 0 Å². The van der Waals surface area contributed by atoms with E-state index < -0.39 is 0 Å². The summed E-state index contributed by atoms with van der Waals surface area (Å²) >= 11 is 0. The SMILES string of the molecule is O=C(Cc1ccccc1)NCCC(=O)NC(c1ccccc1)c1ccccc1. The molecule has 3 aromatic rings. The van der Waals surface area contributed by atoms with E-state index >= 15 is 0 Å². The molecule has 0 saturated heterocycles. The molecule has 0 fully saturated rings. The van der Waals surface area contributed by atoms with Crippen LogP contribution in [0.1, 0.15) is 29.2 Å². The fraction of sp³-hybridized carbons (Fsp3) is 0.167. The Kier molecular flexibility index (Phi) is 6.96. The molecule has 0 aliphatic carbocycles. The number of hydrogen-bond donors (Lipinski definition) is 2. The van der Waals surface area contributed by atoms with E-state index in [0.29, 0.717) is 13.0 Å². The number of hydrogen-bond acceptors (Lipinski definition) is 2. The van der Waals surface area contributed by atoms with E-state index in [4.69, 9.17) is 0 Å². The van der Waals surface area contributed by atoms with Gasteiger partial charge in [0.25, 0.3) is 0 Å². The fourth-order valence-electron chi connectivity index (χ4n) is 3.04. The monoisotopic (exact) mass is 372 g/mol. The second-order valence-electron chi connectivity index (χ2n) is 6.58. The molecule has 4 nitrogen and oxygen atoms in total. The third kappa shape index (κ3) is 5.81. The van der Waals surface area contributed by atoms with Crippen molar-refractivity contribution in [2.24, 2.45) is 0 Å². The minimum Gasteiger partial charge on any atom is -0.355 e. The summed E-state index contributed by atoms with van der Waals surface area (Å²) in [5.74, 6) is -0.181. The van der Waals surface area contributed by atoms with E-state index in [1.54, 1.807) is 0 Å². The topological polar surface area (TPSA) is 58.2 Å². The normalized spacial score (nSPS) is 10.5. The van der Waals surface area contributed by atoms with Gasteiger partial charge in [-0.2, -0.15) is 0 Å². The zero-order valence-electron chi connectivity index (χ0n) is 15.7. The molecule has 0 radical (unpaired) electrons. The fourth-order valence-corrected chi connectivity index (χ4v) is 3.04. The molecule has 0 bridgehead atoms. The van der Waals surface area contributed by atoms with Crippen LogP contribution in [0.5, 0.6) is 0 Å². The first-order chi connectivity index (χ1) is 13.7. The predicted octanol–water partition coefficient (Wildman–Crippen LogP) is 3.64. The second kappa shape index (κ2) is 10.1. The van der Waals surface area contributed by atoms with Crippen molar-refractivity contribution in [3.8, 4) is 0 Å². The molecular formula is C24H24N2O2. The van der Waals surface area contributed by atoms with Gasteiger partial charge in [0, 0.05) is 13.0 Å². The Morgan fingerprint density at radius 3 is 1.71 bits per heavy atom. The Bertz CT molecular complexity index is 841. The molecule has 0 spiro atoms. The van der Waals surface area contributed by atoms with Crippen LogP contribution in [0.4, 0.5) is 0 Å². The molecular weight excluding hydrogens is 348 g/mol. The lowest BCUT2D eigenvalue weighted by Crippen LogP contribution is -2.33. The third-order valence-corrected chi connectivity index (χ3v) is 4.45. The Morgan fingerprint density at radius 1 is 0.679 bits per heavy atom. The average Bonchev–Trinajstić information content (AvgIpc) is 2.74. The first kappa shape index (κ1) is 19.4. The van der Waals surface area contributed by atoms with E-state index in [9.17, 15) is 9.59 Å². The van der Waals surface area contributed by atoms with Crippen molar-refractivity contribution in [1.29, 1.82) is 0 Å². The van der Waals surface area contributed by atoms with Gasteiger partial charge in [0.05, 0.1) is 12.5 Å². The molecule has 3 rings (SSSR count). The smallest absolute Gasteiger partial charge is 0.224 e. The maximum Gasteiger partial charge on any atom is 0.224 e. The van der Waals surface area contributed by atoms with Gasteiger partial charge in [0.15, 0.2) is 0 Å². The van der Waals surface area contributed by atoms with Crippen molar-refractivity contribution in [2.45, 2.75) is 18.9 Å². The summed E-state index contributed by atoms with van der Waals surface area (Å²) in [5.41, 5.74) is 3.00. The predicted molar refractivity (Wildman–Crippen MR) is 111 cm³/mol. The van der Waals surface area contributed by atoms with Gasteiger partial charge in [-0.3, -0.25) is 9.59 Å². The molecule has 0 unspecified atom stereocenters. The quantitative estimate of drug-likeness (QED) is 0.634. The van der Waals surface area contributed by atoms with E-state index in [2.05, 4.69) is 10.6 Å². The molecule has 2 N–H and O–H groups in total. The van der Waals surface area contributed by atoms with Crippen LogP contribution in [0.3, 0.4) is 0 Å². The van der Waals surface area contributed by atoms with Gasteiger partial charge in [-0.15, -0.1) is 0 Å². The van der Waals surface area contributed by atoms with Crippen molar-refractivity contribution in [2.75, 3.05) is 6.54 Å². The molecule has 4 heteroatoms. The van der Waals surface area contributed by atoms with E-state index in [-0.39, 0.29) is 24.3 Å². The number of amides is 2. The van der Waals surface area contributed by atoms with Crippen molar-refractivity contribution < 1.29 is 9.59 Å². The highest BCUT2D eigenvalue weighted by Gasteiger charge is 2.16. The Morgan fingerprint density at radius 2 is 1.18 bits per heavy atom. The summed E-state index contributed by atoms with van der Waals surface area (Å²) in [6.07, 6.45) is 0.551. The standard InChI is InChI=1S/C24H24N2O2/c27-22(16-17-25-23(28)18-19-10-4-1-5-11-19)26-24(20-12-6-2-7-13-20)21-14-8-3-9-15-21/h1-15,24H,16-18H2,(H,25,28)(H,26,27). The molecule has 0 heterocycles. The Balaban J connectivity index is 1.53. The highest BCUT2D eigenvalue weighted by molar-refractivity contribution is 5.80. The van der Waals surface area contributed by atoms with Gasteiger partial charge in [-0.1, -0.05) is 91.0 Å². The van der Waals surface area contributed by atoms with Gasteiger partial charge in [0.2, 0.25) is 11.8 Å². The molecule has 0 atom stereocenters. The minimum absolute atomic E-state index is 0.0818. The first-order valence-electron chi connectivity index (χ1n) is 9.42. The van der Waals surface area contributed by atoms with Gasteiger partial charge in [-0.05, 0) is 16.7 Å². The van der Waals surface area contributed by atoms with Crippen molar-refractivity contribution in [3.05, 3.63) is 108 Å². The van der Waals surface area contributed by atoms with Crippen LogP contribution in [-0.4, -0.2) is 18.4 Å². The second-order valence-corrected chi connectivity index (χ2v) is 6.58. The average molecular weight is 372 g/mol. The number of nitrogens with one attached hydrogen (secondary N) is 2. The highest BCUT2D eigenvalue weighted by atomic mass is 16.2. The minimum atomic E-state index is -0.213. The van der Waals surface area contributed by atoms with Crippen LogP contribution in [0, 0.1) is 0 Å². The molecule has 28 heavy (non-hydrogen) atoms. The zero-order chi connectivity index (χ0) is 19.6. The first-order valence-corrected chi connectivity index (χ1v) is 9.42. The van der Waals surface area contributed by atoms with Gasteiger partial charge >= 0.3 is 0 Å². The van der Waals surface area contributed by atoms with Crippen LogP contribution in [0.15, 0.2) is 91.0 Å². The van der Waals surface area contributed by atoms with Crippen LogP contribution in [0.25, 0.3) is 0 Å². The molecule has 2 amide bonds. The molecule has 0 aliphatic rings. The van der Waals surface area contributed by atoms with Crippen LogP contribution in [-0.2, 0) is 16.0 Å². The number of rotatable bonds is 8. The zero-order valence-corrected chi connectivity index (χ0v) is 15.7. The lowest BCUT2D eigenvalue weighted by molar-refractivity contribution is -0.122. The van der Waals surface area contributed by atoms with Crippen LogP contribution < -0.4 is 10.6 Å². The van der Waals surface area contributed by atoms with Crippen molar-refractivity contribution in [3.63, 3.8) is 0 Å². The molecule has 0 aliphatic heterocycles. The molecule has 0 saturated carbocycles. The Labute approximate surface area is 165 Å². The Hall–Kier alpha value is -3.40. The lowest BCUT2D eigenvalue weighted by atomic mass is 9.98. The third-order valence-electron chi connectivity index (χ3n) is 4.45. The van der Waals surface area contributed by atoms with Crippen LogP contribution in [0.2, 0.25) is 0 Å². The summed E-state index contributed by atoms with van der Waals surface area (Å²) in [6.45, 7) is 0.313. The maximum absolute atomic E-state index is 12.5. The summed E-state index contributed by atoms with van der Waals surface area (Å²) in [7, 11) is 0. The summed E-state index contributed by atoms with van der Waals surface area (Å²) in [4.78, 5) is 24.5. The number of carbonyl (C=O) groups is 2. The van der Waals surface area contributed by atoms with Gasteiger partial charge in [0.1, 0.15) is 0 Å². The van der Waals surface area contributed by atoms with Crippen molar-refractivity contribution >= 4 is 11.8 Å². The largest absolute Gasteiger partial charge is 0.355 e.